The van der Waals surface area contributed by atoms with Crippen molar-refractivity contribution in [2.24, 2.45) is 23.7 Å². The molecule has 0 spiro atoms. The van der Waals surface area contributed by atoms with Gasteiger partial charge in [0.1, 0.15) is 53.6 Å². The largest absolute Gasteiger partial charge is 0.472 e. The smallest absolute Gasteiger partial charge is 0.222 e. The van der Waals surface area contributed by atoms with E-state index < -0.39 is 0 Å². The van der Waals surface area contributed by atoms with Crippen LogP contribution in [0.5, 0.6) is 0 Å². The molecule has 12 heterocycles. The Morgan fingerprint density at radius 3 is 1.09 bits per heavy atom. The Kier molecular flexibility index (Phi) is 73.7. The van der Waals surface area contributed by atoms with E-state index in [-0.39, 0.29) is 54.7 Å². The van der Waals surface area contributed by atoms with Crippen LogP contribution in [0.2, 0.25) is 0 Å². The Hall–Kier alpha value is -9.36. The van der Waals surface area contributed by atoms with Crippen molar-refractivity contribution in [2.75, 3.05) is 0 Å². The predicted molar refractivity (Wildman–Crippen MR) is 495 cm³/mol. The van der Waals surface area contributed by atoms with Gasteiger partial charge in [-0.25, -0.2) is 19.9 Å². The first kappa shape index (κ1) is 116. The third-order valence-corrected chi connectivity index (χ3v) is 16.7. The van der Waals surface area contributed by atoms with Crippen molar-refractivity contribution in [1.82, 2.24) is 41.2 Å². The number of hydrogen-bond donors (Lipinski definition) is 4. The van der Waals surface area contributed by atoms with Crippen LogP contribution >= 0.6 is 45.3 Å². The van der Waals surface area contributed by atoms with Gasteiger partial charge in [0.2, 0.25) is 23.6 Å². The number of nitrogens with zero attached hydrogens (tertiary/aromatic N) is 4. The van der Waals surface area contributed by atoms with E-state index >= 15 is 0 Å². The summed E-state index contributed by atoms with van der Waals surface area (Å²) in [6, 6.07) is 23.2. The summed E-state index contributed by atoms with van der Waals surface area (Å²) in [6.07, 6.45) is 16.4. The lowest BCUT2D eigenvalue weighted by Crippen LogP contribution is -2.26. The molecule has 0 bridgehead atoms. The molecule has 117 heavy (non-hydrogen) atoms. The second kappa shape index (κ2) is 74.2. The number of carbonyl (C=O) groups is 4. The summed E-state index contributed by atoms with van der Waals surface area (Å²) >= 11 is 6.66. The van der Waals surface area contributed by atoms with Gasteiger partial charge in [-0.1, -0.05) is 241 Å². The minimum absolute atomic E-state index is 0. The summed E-state index contributed by atoms with van der Waals surface area (Å²) in [7, 11) is 0. The molecule has 0 fully saturated rings. The lowest BCUT2D eigenvalue weighted by Gasteiger charge is -2.05. The molecule has 0 atom stereocenters. The normalized spacial score (nSPS) is 9.50. The van der Waals surface area contributed by atoms with Crippen molar-refractivity contribution in [3.63, 3.8) is 0 Å². The third kappa shape index (κ3) is 51.5. The molecule has 0 aliphatic rings. The van der Waals surface area contributed by atoms with Crippen LogP contribution < -0.4 is 21.3 Å². The molecule has 656 valence electrons. The lowest BCUT2D eigenvalue weighted by molar-refractivity contribution is -0.124. The monoisotopic (exact) mass is 1700 g/mol. The molecule has 24 heteroatoms. The zero-order chi connectivity index (χ0) is 88.9. The summed E-state index contributed by atoms with van der Waals surface area (Å²) in [5.41, 5.74) is 7.73. The van der Waals surface area contributed by atoms with Crippen LogP contribution in [-0.4, -0.2) is 43.6 Å². The molecule has 20 nitrogen and oxygen atoms in total. The lowest BCUT2D eigenvalue weighted by atomic mass is 10.2. The van der Waals surface area contributed by atoms with E-state index in [1.165, 1.54) is 10.4 Å². The molecule has 4 amide bonds. The van der Waals surface area contributed by atoms with Crippen LogP contribution in [-0.2, 0) is 45.4 Å². The summed E-state index contributed by atoms with van der Waals surface area (Å²) in [6.45, 7) is 65.8. The fourth-order valence-corrected chi connectivity index (χ4v) is 10.2. The Morgan fingerprint density at radius 2 is 0.726 bits per heavy atom. The van der Waals surface area contributed by atoms with E-state index in [4.69, 9.17) is 35.3 Å². The highest BCUT2D eigenvalue weighted by Gasteiger charge is 2.15. The second-order valence-corrected chi connectivity index (χ2v) is 28.3. The van der Waals surface area contributed by atoms with Crippen molar-refractivity contribution < 1.29 is 54.5 Å². The van der Waals surface area contributed by atoms with Gasteiger partial charge in [0.15, 0.2) is 29.3 Å². The summed E-state index contributed by atoms with van der Waals surface area (Å²) in [5, 5.41) is 23.5. The zero-order valence-corrected chi connectivity index (χ0v) is 79.2. The van der Waals surface area contributed by atoms with E-state index in [2.05, 4.69) is 74.3 Å². The van der Waals surface area contributed by atoms with Gasteiger partial charge in [-0.15, -0.1) is 22.7 Å². The molecule has 0 aromatic carbocycles. The van der Waals surface area contributed by atoms with Crippen LogP contribution in [0, 0.1) is 23.7 Å². The summed E-state index contributed by atoms with van der Waals surface area (Å²) < 4.78 is 41.3. The first-order valence-electron chi connectivity index (χ1n) is 41.0. The first-order valence-corrected chi connectivity index (χ1v) is 44.6. The highest BCUT2D eigenvalue weighted by molar-refractivity contribution is 7.13. The molecule has 0 unspecified atom stereocenters. The van der Waals surface area contributed by atoms with Crippen molar-refractivity contribution >= 4 is 69.0 Å². The van der Waals surface area contributed by atoms with Gasteiger partial charge in [-0.2, -0.15) is 22.7 Å². The van der Waals surface area contributed by atoms with Gasteiger partial charge in [0, 0.05) is 87.4 Å². The molecule has 0 radical (unpaired) electrons. The van der Waals surface area contributed by atoms with E-state index in [1.807, 2.05) is 287 Å². The van der Waals surface area contributed by atoms with Gasteiger partial charge in [-0.05, 0) is 93.1 Å². The molecule has 12 aromatic rings. The SMILES string of the molecule is C.CC.CC.CC.CC.CC.CC.CC.CC.CC(C)C(=O)NCc1ccco1.CC(C)C(=O)NCc1cccs1.CC(C)C(=O)NCc1ccoc1.CC(C)C(=O)NCc1ccsc1.CC(C)c1nc(-c2ccco2)co1.CC(C)c1nc(-c2cccs2)co1.CC(C)c1nc(-c2ccoc2)co1.CC(C)c1nc(-c2ccsc2)co1. The third-order valence-electron chi connectivity index (χ3n) is 13.5. The van der Waals surface area contributed by atoms with Crippen molar-refractivity contribution in [3.8, 4) is 44.5 Å². The number of thiophene rings is 4. The van der Waals surface area contributed by atoms with Gasteiger partial charge < -0.3 is 56.6 Å². The van der Waals surface area contributed by atoms with Gasteiger partial charge in [0.05, 0.1) is 55.5 Å². The van der Waals surface area contributed by atoms with Gasteiger partial charge in [0.25, 0.3) is 0 Å². The van der Waals surface area contributed by atoms with Crippen molar-refractivity contribution in [3.05, 3.63) is 213 Å². The number of amides is 4. The Labute approximate surface area is 720 Å². The molecular formula is C93H148N8O12S4. The minimum atomic E-state index is 0. The first-order chi connectivity index (χ1) is 55.9. The van der Waals surface area contributed by atoms with Crippen LogP contribution in [0.3, 0.4) is 0 Å². The Bertz CT molecular complexity index is 3500. The maximum atomic E-state index is 11.1. The average molecular weight is 1700 g/mol. The maximum Gasteiger partial charge on any atom is 0.222 e. The fourth-order valence-electron chi connectivity index (χ4n) is 7.53. The van der Waals surface area contributed by atoms with E-state index in [9.17, 15) is 19.2 Å². The maximum absolute atomic E-state index is 11.1. The topological polar surface area (TPSA) is 273 Å². The highest BCUT2D eigenvalue weighted by Crippen LogP contribution is 2.28. The van der Waals surface area contributed by atoms with Crippen molar-refractivity contribution in [1.29, 1.82) is 0 Å². The number of carbonyl (C=O) groups excluding carboxylic acids is 4. The molecule has 0 aliphatic carbocycles. The number of nitrogens with one attached hydrogen (secondary N) is 4. The summed E-state index contributed by atoms with van der Waals surface area (Å²) in [5.74, 6) is 6.54. The van der Waals surface area contributed by atoms with Crippen molar-refractivity contribution in [2.45, 2.75) is 279 Å². The molecular weight excluding hydrogens is 1550 g/mol. The van der Waals surface area contributed by atoms with Crippen LogP contribution in [0.15, 0.2) is 203 Å². The number of furan rings is 4. The van der Waals surface area contributed by atoms with Crippen LogP contribution in [0.4, 0.5) is 0 Å². The molecule has 12 rings (SSSR count). The highest BCUT2D eigenvalue weighted by atomic mass is 32.1. The van der Waals surface area contributed by atoms with Gasteiger partial charge >= 0.3 is 0 Å². The average Bonchev–Trinajstić information content (AvgIpc) is 1.74. The number of oxazole rings is 4. The van der Waals surface area contributed by atoms with Crippen LogP contribution in [0.1, 0.15) is 298 Å². The quantitative estimate of drug-likeness (QED) is 0.0552. The fraction of sp³-hybridized carbons (Fsp3) is 0.484. The second-order valence-electron chi connectivity index (χ2n) is 24.8. The van der Waals surface area contributed by atoms with E-state index in [0.29, 0.717) is 49.9 Å². The zero-order valence-electron chi connectivity index (χ0n) is 75.9. The van der Waals surface area contributed by atoms with E-state index in [0.717, 1.165) is 79.4 Å². The van der Waals surface area contributed by atoms with Crippen LogP contribution in [0.25, 0.3) is 44.5 Å². The Balaban J connectivity index is -0.000000398. The molecule has 0 saturated carbocycles. The number of rotatable bonds is 20. The number of hydrogen-bond acceptors (Lipinski definition) is 20. The summed E-state index contributed by atoms with van der Waals surface area (Å²) in [4.78, 5) is 64.2. The van der Waals surface area contributed by atoms with Gasteiger partial charge in [-0.3, -0.25) is 19.2 Å². The molecule has 0 saturated heterocycles. The molecule has 0 aliphatic heterocycles. The number of aromatic nitrogens is 4. The Morgan fingerprint density at radius 1 is 0.333 bits per heavy atom. The minimum Gasteiger partial charge on any atom is -0.472 e. The van der Waals surface area contributed by atoms with E-state index in [1.54, 1.807) is 114 Å². The standard InChI is InChI=1S/2C10H11NO2.2C10H11NOS.2C9H13NO2.2C9H13NOS.8C2H6.CH4/c1-7(2)10-11-9(6-13-10)8-3-4-12-5-8;1-7(2)10-11-8(6-13-10)9-4-3-5-12-9;1-7(2)10-11-9(5-12-10)8-3-4-13-6-8;1-7(2)10-11-8(6-12-10)9-4-3-5-13-9;1-7(2)9(11)10-5-8-3-4-12-6-8;1-7(2)9(11)10-6-8-4-3-5-12-8;1-7(2)9(11)10-5-8-3-4-12-6-8;1-7(2)9(11)10-6-8-4-3-5-12-8;8*1-2;/h4*3-7H,1-2H3;3-4,6-7H,5H2,1-2H3,(H,10,11);3-5,7H,6H2,1-2H3,(H,10,11);3-4,6-7H,5H2,1-2H3,(H,10,11);3-5,7H,6H2,1-2H3,(H,10,11);8*1-2H3;1H4. The predicted octanol–water partition coefficient (Wildman–Crippen LogP) is 29.2. The molecule has 12 aromatic heterocycles. The molecule has 4 N–H and O–H groups in total.